The Kier molecular flexibility index (Phi) is 2.82. The van der Waals surface area contributed by atoms with Crippen LogP contribution in [0.5, 0.6) is 0 Å². The fourth-order valence-electron chi connectivity index (χ4n) is 0.637. The Morgan fingerprint density at radius 3 is 2.40 bits per heavy atom. The molecule has 0 aliphatic rings. The molecule has 0 aliphatic heterocycles. The van der Waals surface area contributed by atoms with Gasteiger partial charge in [-0.3, -0.25) is 0 Å². The van der Waals surface area contributed by atoms with E-state index >= 15 is 0 Å². The summed E-state index contributed by atoms with van der Waals surface area (Å²) in [5.41, 5.74) is 0. The van der Waals surface area contributed by atoms with E-state index in [1.54, 1.807) is 11.3 Å². The van der Waals surface area contributed by atoms with Crippen molar-refractivity contribution in [2.45, 2.75) is 0 Å². The fraction of sp³-hybridized carbons (Fsp3) is 0.333. The smallest absolute Gasteiger partial charge is 0.110 e. The summed E-state index contributed by atoms with van der Waals surface area (Å²) in [5, 5.41) is 1.98. The van der Waals surface area contributed by atoms with Gasteiger partial charge in [-0.2, -0.15) is 0 Å². The van der Waals surface area contributed by atoms with Crippen molar-refractivity contribution < 1.29 is 0 Å². The molecule has 1 nitrogen and oxygen atoms in total. The summed E-state index contributed by atoms with van der Waals surface area (Å²) in [7, 11) is 3.99. The van der Waals surface area contributed by atoms with Gasteiger partial charge in [0.1, 0.15) is 5.00 Å². The average molecular weight is 288 g/mol. The maximum Gasteiger partial charge on any atom is 0.110 e. The lowest BCUT2D eigenvalue weighted by Gasteiger charge is -2.08. The molecule has 0 spiro atoms. The third kappa shape index (κ3) is 1.77. The van der Waals surface area contributed by atoms with E-state index in [4.69, 9.17) is 11.6 Å². The van der Waals surface area contributed by atoms with Crippen LogP contribution in [0.25, 0.3) is 0 Å². The monoisotopic (exact) mass is 287 g/mol. The Labute approximate surface area is 83.1 Å². The molecule has 0 fully saturated rings. The first kappa shape index (κ1) is 8.62. The Balaban J connectivity index is 3.03. The number of nitrogens with zero attached hydrogens (tertiary/aromatic N) is 1. The lowest BCUT2D eigenvalue weighted by atomic mass is 10.6. The summed E-state index contributed by atoms with van der Waals surface area (Å²) in [6.45, 7) is 0. The molecule has 1 heterocycles. The molecule has 0 N–H and O–H groups in total. The van der Waals surface area contributed by atoms with Crippen LogP contribution in [0.3, 0.4) is 0 Å². The average Bonchev–Trinajstić information content (AvgIpc) is 2.10. The maximum absolute atomic E-state index is 5.90. The molecule has 0 radical (unpaired) electrons. The van der Waals surface area contributed by atoms with Crippen LogP contribution >= 0.6 is 45.5 Å². The zero-order valence-electron chi connectivity index (χ0n) is 5.69. The molecule has 1 rings (SSSR count). The van der Waals surface area contributed by atoms with Crippen LogP contribution in [0, 0.1) is 2.88 Å². The number of anilines is 1. The number of thiophene rings is 1. The van der Waals surface area contributed by atoms with E-state index < -0.39 is 0 Å². The predicted molar refractivity (Wildman–Crippen MR) is 56.4 cm³/mol. The van der Waals surface area contributed by atoms with E-state index in [2.05, 4.69) is 22.6 Å². The van der Waals surface area contributed by atoms with Gasteiger partial charge in [-0.15, -0.1) is 11.3 Å². The zero-order chi connectivity index (χ0) is 7.72. The van der Waals surface area contributed by atoms with Gasteiger partial charge in [0, 0.05) is 14.1 Å². The second-order valence-corrected chi connectivity index (χ2v) is 5.43. The minimum atomic E-state index is 0.847. The van der Waals surface area contributed by atoms with Crippen molar-refractivity contribution in [2.24, 2.45) is 0 Å². The van der Waals surface area contributed by atoms with E-state index in [1.165, 1.54) is 2.88 Å². The maximum atomic E-state index is 5.90. The SMILES string of the molecule is CN(C)c1sc(I)cc1Cl. The number of hydrogen-bond donors (Lipinski definition) is 0. The number of hydrogen-bond acceptors (Lipinski definition) is 2. The molecule has 0 bridgehead atoms. The highest BCUT2D eigenvalue weighted by Crippen LogP contribution is 2.34. The van der Waals surface area contributed by atoms with Gasteiger partial charge >= 0.3 is 0 Å². The van der Waals surface area contributed by atoms with Crippen molar-refractivity contribution in [3.05, 3.63) is 14.0 Å². The van der Waals surface area contributed by atoms with Crippen molar-refractivity contribution in [3.63, 3.8) is 0 Å². The summed E-state index contributed by atoms with van der Waals surface area (Å²) in [5.74, 6) is 0. The summed E-state index contributed by atoms with van der Waals surface area (Å²) in [6, 6.07) is 1.97. The molecule has 56 valence electrons. The highest BCUT2D eigenvalue weighted by Gasteiger charge is 2.05. The Morgan fingerprint density at radius 2 is 2.20 bits per heavy atom. The van der Waals surface area contributed by atoms with Crippen LogP contribution in [0.2, 0.25) is 5.02 Å². The molecule has 4 heteroatoms. The van der Waals surface area contributed by atoms with Gasteiger partial charge in [-0.1, -0.05) is 11.6 Å². The van der Waals surface area contributed by atoms with Gasteiger partial charge in [0.15, 0.2) is 0 Å². The second-order valence-electron chi connectivity index (χ2n) is 2.10. The topological polar surface area (TPSA) is 3.24 Å². The first-order valence-corrected chi connectivity index (χ1v) is 5.00. The predicted octanol–water partition coefficient (Wildman–Crippen LogP) is 3.07. The van der Waals surface area contributed by atoms with Gasteiger partial charge in [0.25, 0.3) is 0 Å². The molecule has 0 atom stereocenters. The zero-order valence-corrected chi connectivity index (χ0v) is 9.42. The van der Waals surface area contributed by atoms with E-state index in [9.17, 15) is 0 Å². The van der Waals surface area contributed by atoms with Crippen LogP contribution in [0.4, 0.5) is 5.00 Å². The molecule has 1 aromatic rings. The van der Waals surface area contributed by atoms with E-state index in [-0.39, 0.29) is 0 Å². The molecular weight excluding hydrogens is 280 g/mol. The molecule has 0 aliphatic carbocycles. The van der Waals surface area contributed by atoms with Gasteiger partial charge in [-0.05, 0) is 28.7 Å². The van der Waals surface area contributed by atoms with Crippen molar-refractivity contribution in [2.75, 3.05) is 19.0 Å². The van der Waals surface area contributed by atoms with Crippen LogP contribution < -0.4 is 4.90 Å². The third-order valence-electron chi connectivity index (χ3n) is 1.04. The van der Waals surface area contributed by atoms with Crippen LogP contribution in [0.15, 0.2) is 6.07 Å². The summed E-state index contributed by atoms with van der Waals surface area (Å²) in [6.07, 6.45) is 0. The minimum absolute atomic E-state index is 0.847. The van der Waals surface area contributed by atoms with Crippen molar-refractivity contribution in [1.29, 1.82) is 0 Å². The molecule has 0 unspecified atom stereocenters. The summed E-state index contributed by atoms with van der Waals surface area (Å²) >= 11 is 9.87. The van der Waals surface area contributed by atoms with Gasteiger partial charge in [0.2, 0.25) is 0 Å². The number of halogens is 2. The largest absolute Gasteiger partial charge is 0.368 e. The lowest BCUT2D eigenvalue weighted by molar-refractivity contribution is 1.16. The molecule has 1 aromatic heterocycles. The Bertz CT molecular complexity index is 234. The van der Waals surface area contributed by atoms with E-state index in [1.807, 2.05) is 25.1 Å². The first-order chi connectivity index (χ1) is 4.61. The minimum Gasteiger partial charge on any atom is -0.368 e. The molecule has 10 heavy (non-hydrogen) atoms. The lowest BCUT2D eigenvalue weighted by Crippen LogP contribution is -2.06. The fourth-order valence-corrected chi connectivity index (χ4v) is 2.92. The first-order valence-electron chi connectivity index (χ1n) is 2.73. The molecule has 0 amide bonds. The van der Waals surface area contributed by atoms with Crippen molar-refractivity contribution >= 4 is 50.5 Å². The number of rotatable bonds is 1. The molecule has 0 saturated carbocycles. The molecular formula is C6H7ClINS. The van der Waals surface area contributed by atoms with Gasteiger partial charge < -0.3 is 4.90 Å². The van der Waals surface area contributed by atoms with Crippen LogP contribution in [0.1, 0.15) is 0 Å². The summed E-state index contributed by atoms with van der Waals surface area (Å²) < 4.78 is 1.23. The second kappa shape index (κ2) is 3.28. The van der Waals surface area contributed by atoms with Gasteiger partial charge in [0.05, 0.1) is 7.91 Å². The van der Waals surface area contributed by atoms with E-state index in [0.29, 0.717) is 0 Å². The highest BCUT2D eigenvalue weighted by molar-refractivity contribution is 14.1. The van der Waals surface area contributed by atoms with Crippen molar-refractivity contribution in [1.82, 2.24) is 0 Å². The van der Waals surface area contributed by atoms with Gasteiger partial charge in [-0.25, -0.2) is 0 Å². The Morgan fingerprint density at radius 1 is 1.60 bits per heavy atom. The highest BCUT2D eigenvalue weighted by atomic mass is 127. The quantitative estimate of drug-likeness (QED) is 0.718. The van der Waals surface area contributed by atoms with Crippen molar-refractivity contribution in [3.8, 4) is 0 Å². The third-order valence-corrected chi connectivity index (χ3v) is 3.51. The normalized spacial score (nSPS) is 10.0. The molecule has 0 saturated heterocycles. The Hall–Kier alpha value is 0.520. The summed E-state index contributed by atoms with van der Waals surface area (Å²) in [4.78, 5) is 2.02. The van der Waals surface area contributed by atoms with Crippen LogP contribution in [-0.4, -0.2) is 14.1 Å². The standard InChI is InChI=1S/C6H7ClINS/c1-9(2)6-4(7)3-5(8)10-6/h3H,1-2H3. The van der Waals surface area contributed by atoms with Crippen LogP contribution in [-0.2, 0) is 0 Å². The van der Waals surface area contributed by atoms with E-state index in [0.717, 1.165) is 10.0 Å². The molecule has 0 aromatic carbocycles.